The maximum absolute atomic E-state index is 13.9. The maximum atomic E-state index is 13.9. The number of carbonyl (C=O) groups excluding carboxylic acids is 1. The van der Waals surface area contributed by atoms with Crippen molar-refractivity contribution in [3.63, 3.8) is 0 Å². The number of rotatable bonds is 2. The molecule has 9 heteroatoms. The molecule has 1 N–H and O–H groups in total. The van der Waals surface area contributed by atoms with Crippen LogP contribution >= 0.6 is 35.0 Å². The Balaban J connectivity index is 1.71. The van der Waals surface area contributed by atoms with Crippen molar-refractivity contribution in [1.29, 1.82) is 0 Å². The molecule has 2 heterocycles. The number of nitrogens with one attached hydrogen (secondary N) is 1. The fourth-order valence-corrected chi connectivity index (χ4v) is 4.21. The summed E-state index contributed by atoms with van der Waals surface area (Å²) in [6.07, 6.45) is 3.35. The lowest BCUT2D eigenvalue weighted by Gasteiger charge is -2.31. The molecular weight excluding hydrogens is 427 g/mol. The molecule has 2 aliphatic rings. The van der Waals surface area contributed by atoms with Gasteiger partial charge in [-0.3, -0.25) is 4.79 Å². The molecule has 2 aliphatic heterocycles. The van der Waals surface area contributed by atoms with E-state index in [4.69, 9.17) is 23.2 Å². The Morgan fingerprint density at radius 2 is 1.86 bits per heavy atom. The van der Waals surface area contributed by atoms with E-state index in [1.54, 1.807) is 35.4 Å². The number of halogens is 4. The van der Waals surface area contributed by atoms with Crippen LogP contribution in [0.3, 0.4) is 0 Å². The van der Waals surface area contributed by atoms with E-state index in [0.717, 1.165) is 17.8 Å². The third-order valence-electron chi connectivity index (χ3n) is 4.07. The standard InChI is InChI=1S/C19H11Cl2F2N3OS/c20-11-2-1-3-12(21)17(11)18-14-5-7-16(25-26(14)9-24-19(18)27)28-15-6-4-10(22)8-13(15)23/h1-8H,9H2,(H,24,27). The van der Waals surface area contributed by atoms with Crippen molar-refractivity contribution in [2.45, 2.75) is 4.90 Å². The predicted octanol–water partition coefficient (Wildman–Crippen LogP) is 5.05. The van der Waals surface area contributed by atoms with Crippen molar-refractivity contribution in [3.8, 4) is 0 Å². The minimum Gasteiger partial charge on any atom is -0.333 e. The molecule has 28 heavy (non-hydrogen) atoms. The Hall–Kier alpha value is -2.35. The van der Waals surface area contributed by atoms with Crippen LogP contribution in [0.2, 0.25) is 10.0 Å². The number of benzene rings is 2. The Kier molecular flexibility index (Phi) is 5.14. The number of amides is 1. The molecule has 0 bridgehead atoms. The molecular formula is C19H11Cl2F2N3OS. The van der Waals surface area contributed by atoms with Crippen LogP contribution in [0, 0.1) is 11.6 Å². The number of hydrogen-bond donors (Lipinski definition) is 1. The molecule has 0 saturated carbocycles. The van der Waals surface area contributed by atoms with Gasteiger partial charge in [0.1, 0.15) is 23.3 Å². The number of hydrogen-bond acceptors (Lipinski definition) is 4. The molecule has 2 aromatic carbocycles. The fraction of sp³-hybridized carbons (Fsp3) is 0.0526. The zero-order valence-corrected chi connectivity index (χ0v) is 16.4. The average Bonchev–Trinajstić information content (AvgIpc) is 2.65. The topological polar surface area (TPSA) is 44.7 Å². The van der Waals surface area contributed by atoms with Crippen LogP contribution in [0.25, 0.3) is 5.57 Å². The summed E-state index contributed by atoms with van der Waals surface area (Å²) in [5.41, 5.74) is 1.25. The van der Waals surface area contributed by atoms with Crippen LogP contribution in [0.15, 0.2) is 64.2 Å². The van der Waals surface area contributed by atoms with Crippen molar-refractivity contribution in [1.82, 2.24) is 10.3 Å². The number of allylic oxidation sites excluding steroid dienone is 1. The van der Waals surface area contributed by atoms with Gasteiger partial charge in [-0.1, -0.05) is 41.0 Å². The van der Waals surface area contributed by atoms with E-state index < -0.39 is 11.6 Å². The molecule has 4 nitrogen and oxygen atoms in total. The highest BCUT2D eigenvalue weighted by Crippen LogP contribution is 2.37. The van der Waals surface area contributed by atoms with E-state index in [2.05, 4.69) is 10.4 Å². The zero-order valence-electron chi connectivity index (χ0n) is 14.0. The highest BCUT2D eigenvalue weighted by atomic mass is 35.5. The number of thioether (sulfide) groups is 1. The second kappa shape index (κ2) is 7.58. The molecule has 0 fully saturated rings. The monoisotopic (exact) mass is 437 g/mol. The lowest BCUT2D eigenvalue weighted by molar-refractivity contribution is -0.116. The molecule has 142 valence electrons. The minimum atomic E-state index is -0.669. The van der Waals surface area contributed by atoms with E-state index in [1.807, 2.05) is 0 Å². The number of carbonyl (C=O) groups is 1. The molecule has 0 aliphatic carbocycles. The van der Waals surface area contributed by atoms with E-state index >= 15 is 0 Å². The number of hydrazone groups is 1. The van der Waals surface area contributed by atoms with Crippen molar-refractivity contribution in [2.75, 3.05) is 6.67 Å². The summed E-state index contributed by atoms with van der Waals surface area (Å²) in [6.45, 7) is 0.139. The summed E-state index contributed by atoms with van der Waals surface area (Å²) in [6, 6.07) is 8.35. The first-order valence-electron chi connectivity index (χ1n) is 8.08. The van der Waals surface area contributed by atoms with Gasteiger partial charge in [-0.15, -0.1) is 0 Å². The van der Waals surface area contributed by atoms with Crippen LogP contribution in [0.1, 0.15) is 5.56 Å². The highest BCUT2D eigenvalue weighted by Gasteiger charge is 2.30. The van der Waals surface area contributed by atoms with Gasteiger partial charge in [-0.25, -0.2) is 13.8 Å². The third-order valence-corrected chi connectivity index (χ3v) is 5.68. The van der Waals surface area contributed by atoms with Gasteiger partial charge in [-0.2, -0.15) is 5.10 Å². The van der Waals surface area contributed by atoms with Gasteiger partial charge in [0.05, 0.1) is 21.3 Å². The third kappa shape index (κ3) is 3.53. The smallest absolute Gasteiger partial charge is 0.255 e. The van der Waals surface area contributed by atoms with Gasteiger partial charge in [0.15, 0.2) is 0 Å². The molecule has 0 aromatic heterocycles. The fourth-order valence-electron chi connectivity index (χ4n) is 2.83. The largest absolute Gasteiger partial charge is 0.333 e. The van der Waals surface area contributed by atoms with Crippen molar-refractivity contribution in [2.24, 2.45) is 5.10 Å². The van der Waals surface area contributed by atoms with Crippen LogP contribution in [-0.2, 0) is 4.79 Å². The lowest BCUT2D eigenvalue weighted by atomic mass is 10.0. The lowest BCUT2D eigenvalue weighted by Crippen LogP contribution is -2.42. The molecule has 0 atom stereocenters. The molecule has 1 amide bonds. The van der Waals surface area contributed by atoms with E-state index in [1.165, 1.54) is 12.1 Å². The van der Waals surface area contributed by atoms with Gasteiger partial charge in [0.25, 0.3) is 5.91 Å². The van der Waals surface area contributed by atoms with Gasteiger partial charge in [0.2, 0.25) is 0 Å². The Morgan fingerprint density at radius 1 is 1.11 bits per heavy atom. The van der Waals surface area contributed by atoms with Crippen molar-refractivity contribution < 1.29 is 13.6 Å². The molecule has 0 unspecified atom stereocenters. The number of fused-ring (bicyclic) bond motifs is 1. The van der Waals surface area contributed by atoms with E-state index in [-0.39, 0.29) is 17.5 Å². The number of nitrogens with zero attached hydrogens (tertiary/aromatic N) is 2. The summed E-state index contributed by atoms with van der Waals surface area (Å²) in [4.78, 5) is 12.8. The minimum absolute atomic E-state index is 0.139. The first-order valence-corrected chi connectivity index (χ1v) is 9.65. The van der Waals surface area contributed by atoms with E-state index in [0.29, 0.717) is 31.9 Å². The Bertz CT molecular complexity index is 1060. The summed E-state index contributed by atoms with van der Waals surface area (Å²) < 4.78 is 27.0. The van der Waals surface area contributed by atoms with Crippen molar-refractivity contribution >= 4 is 51.5 Å². The SMILES string of the molecule is O=C1NCN2N=C(Sc3ccc(F)cc3F)C=CC2=C1c1c(Cl)cccc1Cl. The van der Waals surface area contributed by atoms with E-state index in [9.17, 15) is 13.6 Å². The first-order chi connectivity index (χ1) is 13.4. The highest BCUT2D eigenvalue weighted by molar-refractivity contribution is 8.14. The molecule has 4 rings (SSSR count). The molecule has 2 aromatic rings. The predicted molar refractivity (Wildman–Crippen MR) is 107 cm³/mol. The maximum Gasteiger partial charge on any atom is 0.255 e. The van der Waals surface area contributed by atoms with Gasteiger partial charge >= 0.3 is 0 Å². The van der Waals surface area contributed by atoms with Crippen LogP contribution in [0.4, 0.5) is 8.78 Å². The zero-order chi connectivity index (χ0) is 19.8. The normalized spacial score (nSPS) is 16.1. The van der Waals surface area contributed by atoms with Crippen LogP contribution < -0.4 is 5.32 Å². The molecule has 0 radical (unpaired) electrons. The first kappa shape index (κ1) is 19.0. The second-order valence-electron chi connectivity index (χ2n) is 5.87. The summed E-state index contributed by atoms with van der Waals surface area (Å²) in [5, 5.41) is 9.91. The molecule has 0 spiro atoms. The van der Waals surface area contributed by atoms with Gasteiger partial charge in [0, 0.05) is 16.5 Å². The summed E-state index contributed by atoms with van der Waals surface area (Å²) >= 11 is 13.6. The molecule has 0 saturated heterocycles. The Morgan fingerprint density at radius 3 is 2.57 bits per heavy atom. The summed E-state index contributed by atoms with van der Waals surface area (Å²) in [7, 11) is 0. The van der Waals surface area contributed by atoms with Crippen LogP contribution in [-0.4, -0.2) is 22.6 Å². The Labute approximate surface area is 173 Å². The van der Waals surface area contributed by atoms with Gasteiger partial charge < -0.3 is 5.32 Å². The van der Waals surface area contributed by atoms with Gasteiger partial charge in [-0.05, 0) is 36.4 Å². The summed E-state index contributed by atoms with van der Waals surface area (Å²) in [5.74, 6) is -1.63. The van der Waals surface area contributed by atoms with Crippen LogP contribution in [0.5, 0.6) is 0 Å². The quantitative estimate of drug-likeness (QED) is 0.714. The average molecular weight is 438 g/mol. The van der Waals surface area contributed by atoms with Crippen molar-refractivity contribution in [3.05, 3.63) is 81.5 Å². The second-order valence-corrected chi connectivity index (χ2v) is 7.75.